The first kappa shape index (κ1) is 26.2. The summed E-state index contributed by atoms with van der Waals surface area (Å²) >= 11 is 0. The first-order valence-electron chi connectivity index (χ1n) is 12.8. The molecule has 3 amide bonds. The lowest BCUT2D eigenvalue weighted by molar-refractivity contribution is -0.123. The van der Waals surface area contributed by atoms with Gasteiger partial charge in [-0.25, -0.2) is 0 Å². The van der Waals surface area contributed by atoms with Crippen molar-refractivity contribution in [2.24, 2.45) is 0 Å². The van der Waals surface area contributed by atoms with Crippen LogP contribution in [0.3, 0.4) is 0 Å². The van der Waals surface area contributed by atoms with Crippen molar-refractivity contribution in [3.05, 3.63) is 126 Å². The molecule has 0 aliphatic heterocycles. The summed E-state index contributed by atoms with van der Waals surface area (Å²) in [6.45, 7) is 0.222. The highest BCUT2D eigenvalue weighted by Gasteiger charge is 2.23. The normalized spacial score (nSPS) is 11.5. The van der Waals surface area contributed by atoms with Gasteiger partial charge in [0, 0.05) is 48.0 Å². The number of nitrogens with one attached hydrogen (secondary N) is 4. The molecule has 0 radical (unpaired) electrons. The predicted molar refractivity (Wildman–Crippen MR) is 155 cm³/mol. The van der Waals surface area contributed by atoms with Crippen LogP contribution in [0.15, 0.2) is 104 Å². The molecule has 9 heteroatoms. The largest absolute Gasteiger partial charge is 0.397 e. The van der Waals surface area contributed by atoms with E-state index < -0.39 is 6.04 Å². The van der Waals surface area contributed by atoms with Crippen molar-refractivity contribution in [1.29, 1.82) is 0 Å². The van der Waals surface area contributed by atoms with Crippen LogP contribution in [0.5, 0.6) is 0 Å². The number of amides is 3. The van der Waals surface area contributed by atoms with Crippen LogP contribution >= 0.6 is 0 Å². The van der Waals surface area contributed by atoms with E-state index in [2.05, 4.69) is 25.9 Å². The molecule has 2 aromatic heterocycles. The third-order valence-electron chi connectivity index (χ3n) is 6.54. The summed E-state index contributed by atoms with van der Waals surface area (Å²) in [7, 11) is 0. The van der Waals surface area contributed by atoms with Gasteiger partial charge in [0.05, 0.1) is 16.9 Å². The van der Waals surface area contributed by atoms with E-state index in [0.717, 1.165) is 22.0 Å². The highest BCUT2D eigenvalue weighted by Crippen LogP contribution is 2.20. The number of carbonyl (C=O) groups excluding carboxylic acids is 3. The van der Waals surface area contributed by atoms with Crippen molar-refractivity contribution in [2.45, 2.75) is 19.0 Å². The number of hydrogen-bond acceptors (Lipinski definition) is 5. The van der Waals surface area contributed by atoms with Crippen molar-refractivity contribution in [3.63, 3.8) is 0 Å². The average molecular weight is 533 g/mol. The Morgan fingerprint density at radius 2 is 1.62 bits per heavy atom. The second-order valence-electron chi connectivity index (χ2n) is 9.29. The maximum atomic E-state index is 13.3. The van der Waals surface area contributed by atoms with Gasteiger partial charge in [0.2, 0.25) is 5.91 Å². The van der Waals surface area contributed by atoms with Crippen LogP contribution in [-0.4, -0.2) is 33.7 Å². The summed E-state index contributed by atoms with van der Waals surface area (Å²) in [5.41, 5.74) is 10.4. The van der Waals surface area contributed by atoms with Crippen LogP contribution in [0.2, 0.25) is 0 Å². The standard InChI is InChI=1S/C31H28N6O3/c32-25-8-2-4-10-27(25)36-29(38)21-13-11-20(12-14-21)17-35-31(40)28(37-30(39)22-6-5-15-33-18-22)16-23-19-34-26-9-3-1-7-24(23)26/h1-15,18-19,28,34H,16-17,32H2,(H,35,40)(H,36,38)(H,37,39). The van der Waals surface area contributed by atoms with Gasteiger partial charge < -0.3 is 26.7 Å². The lowest BCUT2D eigenvalue weighted by atomic mass is 10.0. The second kappa shape index (κ2) is 12.0. The molecule has 0 bridgehead atoms. The number of benzene rings is 3. The topological polar surface area (TPSA) is 142 Å². The summed E-state index contributed by atoms with van der Waals surface area (Å²) in [5, 5.41) is 9.56. The van der Waals surface area contributed by atoms with Gasteiger partial charge in [-0.05, 0) is 53.6 Å². The Labute approximate surface area is 230 Å². The van der Waals surface area contributed by atoms with E-state index in [-0.39, 0.29) is 24.3 Å². The molecule has 0 aliphatic carbocycles. The molecular weight excluding hydrogens is 504 g/mol. The Bertz CT molecular complexity index is 1650. The third-order valence-corrected chi connectivity index (χ3v) is 6.54. The van der Waals surface area contributed by atoms with E-state index in [0.29, 0.717) is 28.9 Å². The highest BCUT2D eigenvalue weighted by atomic mass is 16.2. The number of aromatic nitrogens is 2. The van der Waals surface area contributed by atoms with Gasteiger partial charge in [0.15, 0.2) is 0 Å². The van der Waals surface area contributed by atoms with Crippen LogP contribution in [0.25, 0.3) is 10.9 Å². The van der Waals surface area contributed by atoms with Gasteiger partial charge in [-0.2, -0.15) is 0 Å². The summed E-state index contributed by atoms with van der Waals surface area (Å²) in [6.07, 6.45) is 5.19. The number of nitrogens with zero attached hydrogens (tertiary/aromatic N) is 1. The maximum Gasteiger partial charge on any atom is 0.255 e. The third kappa shape index (κ3) is 6.16. The van der Waals surface area contributed by atoms with Crippen LogP contribution in [0.1, 0.15) is 31.8 Å². The Morgan fingerprint density at radius 1 is 0.850 bits per heavy atom. The minimum Gasteiger partial charge on any atom is -0.397 e. The predicted octanol–water partition coefficient (Wildman–Crippen LogP) is 4.05. The molecule has 9 nitrogen and oxygen atoms in total. The van der Waals surface area contributed by atoms with Crippen molar-refractivity contribution in [3.8, 4) is 0 Å². The molecule has 0 saturated heterocycles. The molecule has 5 rings (SSSR count). The molecule has 1 unspecified atom stereocenters. The number of nitrogens with two attached hydrogens (primary N) is 1. The van der Waals surface area contributed by atoms with E-state index in [1.807, 2.05) is 30.5 Å². The minimum absolute atomic E-state index is 0.222. The summed E-state index contributed by atoms with van der Waals surface area (Å²) < 4.78 is 0. The number of carbonyl (C=O) groups is 3. The quantitative estimate of drug-likeness (QED) is 0.182. The van der Waals surface area contributed by atoms with Crippen LogP contribution < -0.4 is 21.7 Å². The summed E-state index contributed by atoms with van der Waals surface area (Å²) in [6, 6.07) is 24.2. The fraction of sp³-hybridized carbons (Fsp3) is 0.0968. The Hall–Kier alpha value is -5.44. The van der Waals surface area contributed by atoms with Gasteiger partial charge >= 0.3 is 0 Å². The lowest BCUT2D eigenvalue weighted by Gasteiger charge is -2.18. The van der Waals surface area contributed by atoms with E-state index in [1.54, 1.807) is 66.9 Å². The molecule has 200 valence electrons. The Kier molecular flexibility index (Phi) is 7.82. The van der Waals surface area contributed by atoms with Gasteiger partial charge in [0.25, 0.3) is 11.8 Å². The molecule has 2 heterocycles. The van der Waals surface area contributed by atoms with E-state index >= 15 is 0 Å². The first-order chi connectivity index (χ1) is 19.5. The monoisotopic (exact) mass is 532 g/mol. The van der Waals surface area contributed by atoms with Gasteiger partial charge in [-0.15, -0.1) is 0 Å². The van der Waals surface area contributed by atoms with Crippen molar-refractivity contribution in [2.75, 3.05) is 11.1 Å². The number of rotatable bonds is 9. The number of para-hydroxylation sites is 3. The summed E-state index contributed by atoms with van der Waals surface area (Å²) in [5.74, 6) is -1.00. The van der Waals surface area contributed by atoms with Crippen LogP contribution in [-0.2, 0) is 17.8 Å². The smallest absolute Gasteiger partial charge is 0.255 e. The number of anilines is 2. The zero-order chi connectivity index (χ0) is 27.9. The maximum absolute atomic E-state index is 13.3. The fourth-order valence-corrected chi connectivity index (χ4v) is 4.36. The number of pyridine rings is 1. The van der Waals surface area contributed by atoms with Gasteiger partial charge in [-0.3, -0.25) is 19.4 Å². The van der Waals surface area contributed by atoms with E-state index in [1.165, 1.54) is 6.20 Å². The molecule has 1 atom stereocenters. The number of H-pyrrole nitrogens is 1. The van der Waals surface area contributed by atoms with Crippen molar-refractivity contribution in [1.82, 2.24) is 20.6 Å². The summed E-state index contributed by atoms with van der Waals surface area (Å²) in [4.78, 5) is 46.0. The molecule has 0 aliphatic rings. The van der Waals surface area contributed by atoms with Crippen molar-refractivity contribution < 1.29 is 14.4 Å². The zero-order valence-corrected chi connectivity index (χ0v) is 21.6. The van der Waals surface area contributed by atoms with E-state index in [4.69, 9.17) is 5.73 Å². The number of aromatic amines is 1. The highest BCUT2D eigenvalue weighted by molar-refractivity contribution is 6.05. The SMILES string of the molecule is Nc1ccccc1NC(=O)c1ccc(CNC(=O)C(Cc2c[nH]c3ccccc23)NC(=O)c2cccnc2)cc1. The Balaban J connectivity index is 1.26. The molecule has 0 spiro atoms. The molecule has 40 heavy (non-hydrogen) atoms. The molecule has 0 saturated carbocycles. The molecular formula is C31H28N6O3. The first-order valence-corrected chi connectivity index (χ1v) is 12.8. The molecule has 6 N–H and O–H groups in total. The zero-order valence-electron chi connectivity index (χ0n) is 21.6. The number of hydrogen-bond donors (Lipinski definition) is 5. The second-order valence-corrected chi connectivity index (χ2v) is 9.29. The van der Waals surface area contributed by atoms with Gasteiger partial charge in [0.1, 0.15) is 6.04 Å². The lowest BCUT2D eigenvalue weighted by Crippen LogP contribution is -2.47. The van der Waals surface area contributed by atoms with E-state index in [9.17, 15) is 14.4 Å². The molecule has 5 aromatic rings. The van der Waals surface area contributed by atoms with Crippen LogP contribution in [0, 0.1) is 0 Å². The fourth-order valence-electron chi connectivity index (χ4n) is 4.36. The molecule has 0 fully saturated rings. The van der Waals surface area contributed by atoms with Crippen molar-refractivity contribution >= 4 is 40.0 Å². The average Bonchev–Trinajstić information content (AvgIpc) is 3.40. The van der Waals surface area contributed by atoms with Gasteiger partial charge in [-0.1, -0.05) is 42.5 Å². The molecule has 3 aromatic carbocycles. The Morgan fingerprint density at radius 3 is 2.40 bits per heavy atom. The van der Waals surface area contributed by atoms with Crippen LogP contribution in [0.4, 0.5) is 11.4 Å². The number of fused-ring (bicyclic) bond motifs is 1. The minimum atomic E-state index is -0.826. The number of nitrogen functional groups attached to an aromatic ring is 1.